The highest BCUT2D eigenvalue weighted by atomic mass is 19.4. The van der Waals surface area contributed by atoms with Crippen LogP contribution in [0.5, 0.6) is 0 Å². The lowest BCUT2D eigenvalue weighted by Crippen LogP contribution is -2.42. The molecule has 0 aliphatic carbocycles. The van der Waals surface area contributed by atoms with Crippen LogP contribution in [0.2, 0.25) is 0 Å². The van der Waals surface area contributed by atoms with E-state index in [9.17, 15) is 18.0 Å². The summed E-state index contributed by atoms with van der Waals surface area (Å²) in [5, 5.41) is 18.5. The number of ether oxygens (including phenoxy) is 2. The number of fused-ring (bicyclic) bond motifs is 1. The summed E-state index contributed by atoms with van der Waals surface area (Å²) in [4.78, 5) is 25.0. The van der Waals surface area contributed by atoms with Crippen LogP contribution < -0.4 is 5.32 Å². The fraction of sp³-hybridized carbons (Fsp3) is 0.500. The number of amides is 1. The van der Waals surface area contributed by atoms with Crippen molar-refractivity contribution in [2.45, 2.75) is 44.4 Å². The van der Waals surface area contributed by atoms with Crippen LogP contribution in [-0.2, 0) is 32.2 Å². The van der Waals surface area contributed by atoms with Crippen molar-refractivity contribution in [3.05, 3.63) is 30.2 Å². The van der Waals surface area contributed by atoms with E-state index in [2.05, 4.69) is 20.6 Å². The number of aliphatic carboxylic acids is 1. The summed E-state index contributed by atoms with van der Waals surface area (Å²) in [6, 6.07) is 3.82. The molecule has 2 aliphatic heterocycles. The van der Waals surface area contributed by atoms with Gasteiger partial charge in [-0.2, -0.15) is 13.2 Å². The molecule has 2 atom stereocenters. The standard InChI is InChI=1S/C16H19N5O3.C2HF3O2/c22-16(14-4-2-6-23-14)18-8-12-9-21-13(10-24-12)15(19-20-21)11-3-1-5-17-7-11;3-2(4,5)1(6)7/h1,3,5,7,12,14H,2,4,6,8-10H2,(H,18,22);(H,6,7)/t12?,14-;/m1./s1. The first-order valence-electron chi connectivity index (χ1n) is 9.39. The lowest BCUT2D eigenvalue weighted by molar-refractivity contribution is -0.192. The fourth-order valence-electron chi connectivity index (χ4n) is 3.03. The molecule has 4 heterocycles. The smallest absolute Gasteiger partial charge is 0.475 e. The van der Waals surface area contributed by atoms with Crippen LogP contribution in [-0.4, -0.2) is 68.5 Å². The number of nitrogens with one attached hydrogen (secondary N) is 1. The molecule has 2 N–H and O–H groups in total. The third kappa shape index (κ3) is 5.98. The van der Waals surface area contributed by atoms with Gasteiger partial charge in [0.15, 0.2) is 0 Å². The maximum Gasteiger partial charge on any atom is 0.490 e. The van der Waals surface area contributed by atoms with Crippen molar-refractivity contribution in [1.82, 2.24) is 25.3 Å². The fourth-order valence-corrected chi connectivity index (χ4v) is 3.03. The molecule has 10 nitrogen and oxygen atoms in total. The van der Waals surface area contributed by atoms with Crippen molar-refractivity contribution in [2.24, 2.45) is 0 Å². The summed E-state index contributed by atoms with van der Waals surface area (Å²) >= 11 is 0. The normalized spacial score (nSPS) is 20.4. The third-order valence-electron chi connectivity index (χ3n) is 4.57. The van der Waals surface area contributed by atoms with E-state index in [1.165, 1.54) is 0 Å². The Hall–Kier alpha value is -3.06. The predicted octanol–water partition coefficient (Wildman–Crippen LogP) is 1.17. The first-order valence-corrected chi connectivity index (χ1v) is 9.39. The Morgan fingerprint density at radius 2 is 2.10 bits per heavy atom. The van der Waals surface area contributed by atoms with Crippen LogP contribution >= 0.6 is 0 Å². The topological polar surface area (TPSA) is 128 Å². The van der Waals surface area contributed by atoms with Crippen molar-refractivity contribution < 1.29 is 37.3 Å². The largest absolute Gasteiger partial charge is 0.490 e. The zero-order chi connectivity index (χ0) is 22.4. The van der Waals surface area contributed by atoms with Gasteiger partial charge in [0.1, 0.15) is 11.8 Å². The molecular formula is C18H20F3N5O5. The second-order valence-corrected chi connectivity index (χ2v) is 6.79. The molecule has 0 saturated carbocycles. The van der Waals surface area contributed by atoms with Crippen molar-refractivity contribution >= 4 is 11.9 Å². The lowest BCUT2D eigenvalue weighted by Gasteiger charge is -2.24. The van der Waals surface area contributed by atoms with Gasteiger partial charge < -0.3 is 19.9 Å². The molecule has 2 aliphatic rings. The molecule has 1 amide bonds. The number of carboxylic acids is 1. The van der Waals surface area contributed by atoms with E-state index < -0.39 is 12.1 Å². The minimum atomic E-state index is -5.08. The minimum Gasteiger partial charge on any atom is -0.475 e. The van der Waals surface area contributed by atoms with Gasteiger partial charge in [-0.25, -0.2) is 9.48 Å². The van der Waals surface area contributed by atoms with Gasteiger partial charge >= 0.3 is 12.1 Å². The zero-order valence-corrected chi connectivity index (χ0v) is 16.2. The van der Waals surface area contributed by atoms with Gasteiger partial charge in [-0.3, -0.25) is 9.78 Å². The number of carboxylic acid groups (broad SMARTS) is 1. The Balaban J connectivity index is 0.000000339. The number of alkyl halides is 3. The Labute approximate surface area is 174 Å². The number of halogens is 3. The predicted molar refractivity (Wildman–Crippen MR) is 97.5 cm³/mol. The molecule has 0 bridgehead atoms. The molecule has 2 aromatic heterocycles. The molecule has 13 heteroatoms. The van der Waals surface area contributed by atoms with Gasteiger partial charge in [0.25, 0.3) is 0 Å². The van der Waals surface area contributed by atoms with Crippen LogP contribution in [0.3, 0.4) is 0 Å². The van der Waals surface area contributed by atoms with Crippen LogP contribution in [0.25, 0.3) is 11.3 Å². The maximum absolute atomic E-state index is 12.0. The van der Waals surface area contributed by atoms with Gasteiger partial charge in [-0.05, 0) is 25.0 Å². The van der Waals surface area contributed by atoms with Gasteiger partial charge in [-0.15, -0.1) is 5.10 Å². The van der Waals surface area contributed by atoms with E-state index in [4.69, 9.17) is 19.4 Å². The van der Waals surface area contributed by atoms with Gasteiger partial charge in [0, 0.05) is 31.1 Å². The number of aromatic nitrogens is 4. The highest BCUT2D eigenvalue weighted by molar-refractivity contribution is 5.81. The molecule has 4 rings (SSSR count). The van der Waals surface area contributed by atoms with Crippen LogP contribution in [0, 0.1) is 0 Å². The third-order valence-corrected chi connectivity index (χ3v) is 4.57. The van der Waals surface area contributed by atoms with E-state index in [1.54, 1.807) is 12.4 Å². The van der Waals surface area contributed by atoms with Crippen LogP contribution in [0.4, 0.5) is 13.2 Å². The van der Waals surface area contributed by atoms with Crippen LogP contribution in [0.15, 0.2) is 24.5 Å². The summed E-state index contributed by atoms with van der Waals surface area (Å²) in [6.07, 6.45) is -0.295. The summed E-state index contributed by atoms with van der Waals surface area (Å²) in [5.74, 6) is -2.82. The second kappa shape index (κ2) is 9.83. The lowest BCUT2D eigenvalue weighted by atomic mass is 10.1. The number of pyridine rings is 1. The van der Waals surface area contributed by atoms with Crippen molar-refractivity contribution in [3.63, 3.8) is 0 Å². The van der Waals surface area contributed by atoms with Gasteiger partial charge in [0.05, 0.1) is 24.9 Å². The maximum atomic E-state index is 12.0. The highest BCUT2D eigenvalue weighted by Gasteiger charge is 2.38. The Morgan fingerprint density at radius 1 is 1.32 bits per heavy atom. The molecule has 0 aromatic carbocycles. The van der Waals surface area contributed by atoms with E-state index in [0.29, 0.717) is 26.3 Å². The second-order valence-electron chi connectivity index (χ2n) is 6.79. The quantitative estimate of drug-likeness (QED) is 0.721. The molecule has 1 fully saturated rings. The number of carbonyl (C=O) groups excluding carboxylic acids is 1. The highest BCUT2D eigenvalue weighted by Crippen LogP contribution is 2.24. The summed E-state index contributed by atoms with van der Waals surface area (Å²) in [7, 11) is 0. The van der Waals surface area contributed by atoms with E-state index in [1.807, 2.05) is 16.8 Å². The summed E-state index contributed by atoms with van der Waals surface area (Å²) < 4.78 is 44.8. The molecule has 168 valence electrons. The Morgan fingerprint density at radius 3 is 2.71 bits per heavy atom. The number of hydrogen-bond acceptors (Lipinski definition) is 7. The average Bonchev–Trinajstić information content (AvgIpc) is 3.42. The number of nitrogens with zero attached hydrogens (tertiary/aromatic N) is 4. The average molecular weight is 443 g/mol. The Kier molecular flexibility index (Phi) is 7.17. The van der Waals surface area contributed by atoms with Gasteiger partial charge in [0.2, 0.25) is 5.91 Å². The van der Waals surface area contributed by atoms with Crippen molar-refractivity contribution in [1.29, 1.82) is 0 Å². The zero-order valence-electron chi connectivity index (χ0n) is 16.2. The molecule has 2 aromatic rings. The Bertz CT molecular complexity index is 900. The summed E-state index contributed by atoms with van der Waals surface area (Å²) in [6.45, 7) is 2.09. The van der Waals surface area contributed by atoms with E-state index in [0.717, 1.165) is 29.8 Å². The minimum absolute atomic E-state index is 0.0588. The molecular weight excluding hydrogens is 423 g/mol. The van der Waals surface area contributed by atoms with Crippen molar-refractivity contribution in [3.8, 4) is 11.3 Å². The molecule has 0 spiro atoms. The molecule has 1 saturated heterocycles. The van der Waals surface area contributed by atoms with E-state index >= 15 is 0 Å². The van der Waals surface area contributed by atoms with Crippen LogP contribution in [0.1, 0.15) is 18.5 Å². The SMILES string of the molecule is O=C(NCC1Cn2nnc(-c3cccnc3)c2CO1)[C@H]1CCCO1.O=C(O)C(F)(F)F. The summed E-state index contributed by atoms with van der Waals surface area (Å²) in [5.41, 5.74) is 2.65. The van der Waals surface area contributed by atoms with Crippen molar-refractivity contribution in [2.75, 3.05) is 13.2 Å². The molecule has 0 radical (unpaired) electrons. The first kappa shape index (κ1) is 22.6. The van der Waals surface area contributed by atoms with E-state index in [-0.39, 0.29) is 18.1 Å². The van der Waals surface area contributed by atoms with Gasteiger partial charge in [-0.1, -0.05) is 5.21 Å². The number of rotatable bonds is 4. The number of carbonyl (C=O) groups is 2. The molecule has 31 heavy (non-hydrogen) atoms. The monoisotopic (exact) mass is 443 g/mol. The first-order chi connectivity index (χ1) is 14.8. The number of hydrogen-bond donors (Lipinski definition) is 2. The molecule has 1 unspecified atom stereocenters.